The van der Waals surface area contributed by atoms with Gasteiger partial charge in [-0.3, -0.25) is 4.98 Å². The van der Waals surface area contributed by atoms with Crippen LogP contribution in [0.15, 0.2) is 53.1 Å². The molecule has 1 aromatic carbocycles. The molecule has 0 aliphatic rings. The van der Waals surface area contributed by atoms with E-state index in [2.05, 4.69) is 64.1 Å². The number of para-hydroxylation sites is 1. The van der Waals surface area contributed by atoms with Gasteiger partial charge in [-0.05, 0) is 40.9 Å². The summed E-state index contributed by atoms with van der Waals surface area (Å²) in [7, 11) is -1.82. The molecule has 3 aromatic rings. The van der Waals surface area contributed by atoms with Gasteiger partial charge in [-0.2, -0.15) is 0 Å². The van der Waals surface area contributed by atoms with Crippen LogP contribution in [0.25, 0.3) is 22.4 Å². The van der Waals surface area contributed by atoms with E-state index in [-0.39, 0.29) is 0 Å². The molecule has 0 bridgehead atoms. The van der Waals surface area contributed by atoms with Gasteiger partial charge in [0.05, 0.1) is 5.56 Å². The number of fused-ring (bicyclic) bond motifs is 1. The Bertz CT molecular complexity index is 952. The van der Waals surface area contributed by atoms with Crippen molar-refractivity contribution in [3.05, 3.63) is 54.2 Å². The second kappa shape index (κ2) is 7.74. The molecule has 0 atom stereocenters. The number of hydrogen-bond acceptors (Lipinski definition) is 2. The lowest BCUT2D eigenvalue weighted by Gasteiger charge is -2.38. The summed E-state index contributed by atoms with van der Waals surface area (Å²) in [5.74, 6) is 4.38. The van der Waals surface area contributed by atoms with Crippen LogP contribution in [-0.4, -0.2) is 13.1 Å². The Morgan fingerprint density at radius 2 is 1.48 bits per heavy atom. The molecule has 27 heavy (non-hydrogen) atoms. The Balaban J connectivity index is 2.25. The molecule has 0 amide bonds. The van der Waals surface area contributed by atoms with Gasteiger partial charge in [-0.1, -0.05) is 65.7 Å². The second-order valence-electron chi connectivity index (χ2n) is 8.16. The topological polar surface area (TPSA) is 26.0 Å². The van der Waals surface area contributed by atoms with Crippen molar-refractivity contribution in [1.82, 2.24) is 4.98 Å². The highest BCUT2D eigenvalue weighted by atomic mass is 28.3. The predicted octanol–water partition coefficient (Wildman–Crippen LogP) is 7.06. The first-order chi connectivity index (χ1) is 12.9. The Labute approximate surface area is 164 Å². The van der Waals surface area contributed by atoms with Crippen molar-refractivity contribution >= 4 is 19.0 Å². The van der Waals surface area contributed by atoms with E-state index >= 15 is 0 Å². The summed E-state index contributed by atoms with van der Waals surface area (Å²) < 4.78 is 6.18. The summed E-state index contributed by atoms with van der Waals surface area (Å²) in [5, 5.41) is 1.07. The lowest BCUT2D eigenvalue weighted by molar-refractivity contribution is 0.628. The largest absolute Gasteiger partial charge is 0.453 e. The molecule has 0 aliphatic carbocycles. The fourth-order valence-corrected chi connectivity index (χ4v) is 9.66. The van der Waals surface area contributed by atoms with Crippen LogP contribution in [0.5, 0.6) is 0 Å². The van der Waals surface area contributed by atoms with Gasteiger partial charge in [0, 0.05) is 11.6 Å². The van der Waals surface area contributed by atoms with Crippen LogP contribution in [0.4, 0.5) is 0 Å². The molecule has 2 heterocycles. The van der Waals surface area contributed by atoms with Gasteiger partial charge in [-0.25, -0.2) is 0 Å². The quantitative estimate of drug-likeness (QED) is 0.360. The van der Waals surface area contributed by atoms with Crippen LogP contribution in [0, 0.1) is 11.5 Å². The minimum absolute atomic E-state index is 0.599. The average molecular weight is 376 g/mol. The van der Waals surface area contributed by atoms with Crippen molar-refractivity contribution in [2.45, 2.75) is 58.2 Å². The maximum Gasteiger partial charge on any atom is 0.169 e. The molecule has 0 radical (unpaired) electrons. The first-order valence-corrected chi connectivity index (χ1v) is 12.1. The molecule has 0 saturated carbocycles. The number of aromatic nitrogens is 1. The van der Waals surface area contributed by atoms with Crippen LogP contribution in [0.3, 0.4) is 0 Å². The Kier molecular flexibility index (Phi) is 5.58. The van der Waals surface area contributed by atoms with Crippen LogP contribution in [0.2, 0.25) is 16.6 Å². The Morgan fingerprint density at radius 1 is 0.852 bits per heavy atom. The van der Waals surface area contributed by atoms with Gasteiger partial charge in [0.15, 0.2) is 5.76 Å². The molecule has 0 aliphatic heterocycles. The van der Waals surface area contributed by atoms with Gasteiger partial charge >= 0.3 is 0 Å². The van der Waals surface area contributed by atoms with Gasteiger partial charge in [0.1, 0.15) is 19.4 Å². The molecule has 0 unspecified atom stereocenters. The van der Waals surface area contributed by atoms with Crippen molar-refractivity contribution in [2.75, 3.05) is 0 Å². The van der Waals surface area contributed by atoms with Crippen LogP contribution < -0.4 is 0 Å². The lowest BCUT2D eigenvalue weighted by atomic mass is 10.1. The van der Waals surface area contributed by atoms with E-state index < -0.39 is 8.07 Å². The molecule has 0 fully saturated rings. The summed E-state index contributed by atoms with van der Waals surface area (Å²) in [6.07, 6.45) is 1.80. The standard InChI is InChI=1S/C24H29NOSi/c1-17(2)27(18(3)4,19(5)6)16-14-21-20-11-7-8-13-23(20)26-24(21)22-12-9-10-15-25-22/h7-13,15,17-19H,1-6H3. The van der Waals surface area contributed by atoms with Gasteiger partial charge in [0.2, 0.25) is 0 Å². The molecular formula is C24H29NOSi. The SMILES string of the molecule is CC(C)[Si](C#Cc1c(-c2ccccn2)oc2ccccc12)(C(C)C)C(C)C. The maximum absolute atomic E-state index is 6.18. The molecular weight excluding hydrogens is 346 g/mol. The van der Waals surface area contributed by atoms with E-state index in [9.17, 15) is 0 Å². The van der Waals surface area contributed by atoms with E-state index in [1.54, 1.807) is 6.20 Å². The summed E-state index contributed by atoms with van der Waals surface area (Å²) in [4.78, 5) is 4.50. The smallest absolute Gasteiger partial charge is 0.169 e. The third-order valence-electron chi connectivity index (χ3n) is 5.76. The van der Waals surface area contributed by atoms with Gasteiger partial charge in [-0.15, -0.1) is 5.54 Å². The van der Waals surface area contributed by atoms with Gasteiger partial charge < -0.3 is 4.42 Å². The van der Waals surface area contributed by atoms with E-state index in [4.69, 9.17) is 4.42 Å². The summed E-state index contributed by atoms with van der Waals surface area (Å²) in [6.45, 7) is 14.0. The first kappa shape index (κ1) is 19.4. The van der Waals surface area contributed by atoms with Crippen LogP contribution in [-0.2, 0) is 0 Å². The zero-order valence-electron chi connectivity index (χ0n) is 17.2. The van der Waals surface area contributed by atoms with E-state index in [1.807, 2.05) is 36.4 Å². The summed E-state index contributed by atoms with van der Waals surface area (Å²) >= 11 is 0. The highest BCUT2D eigenvalue weighted by Crippen LogP contribution is 2.41. The normalized spacial score (nSPS) is 12.0. The average Bonchev–Trinajstić information content (AvgIpc) is 3.01. The molecule has 0 N–H and O–H groups in total. The number of rotatable bonds is 4. The van der Waals surface area contributed by atoms with Gasteiger partial charge in [0.25, 0.3) is 0 Å². The highest BCUT2D eigenvalue weighted by molar-refractivity contribution is 6.90. The van der Waals surface area contributed by atoms with E-state index in [1.165, 1.54) is 0 Å². The second-order valence-corrected chi connectivity index (χ2v) is 13.7. The van der Waals surface area contributed by atoms with Crippen LogP contribution in [0.1, 0.15) is 47.1 Å². The Hall–Kier alpha value is -2.31. The molecule has 2 aromatic heterocycles. The number of hydrogen-bond donors (Lipinski definition) is 0. The zero-order chi connectivity index (χ0) is 19.6. The Morgan fingerprint density at radius 3 is 2.07 bits per heavy atom. The third-order valence-corrected chi connectivity index (χ3v) is 12.1. The van der Waals surface area contributed by atoms with Crippen molar-refractivity contribution in [3.8, 4) is 22.9 Å². The van der Waals surface area contributed by atoms with E-state index in [0.29, 0.717) is 16.6 Å². The molecule has 0 saturated heterocycles. The number of benzene rings is 1. The fourth-order valence-electron chi connectivity index (χ4n) is 4.45. The number of pyridine rings is 1. The minimum Gasteiger partial charge on any atom is -0.453 e. The number of nitrogens with zero attached hydrogens (tertiary/aromatic N) is 1. The predicted molar refractivity (Wildman–Crippen MR) is 117 cm³/mol. The van der Waals surface area contributed by atoms with Crippen molar-refractivity contribution in [2.24, 2.45) is 0 Å². The molecule has 3 heteroatoms. The first-order valence-electron chi connectivity index (χ1n) is 9.84. The third kappa shape index (κ3) is 3.47. The zero-order valence-corrected chi connectivity index (χ0v) is 18.2. The fraction of sp³-hybridized carbons (Fsp3) is 0.375. The van der Waals surface area contributed by atoms with Crippen molar-refractivity contribution in [3.63, 3.8) is 0 Å². The van der Waals surface area contributed by atoms with E-state index in [0.717, 1.165) is 28.0 Å². The summed E-state index contributed by atoms with van der Waals surface area (Å²) in [6, 6.07) is 14.0. The molecule has 140 valence electrons. The highest BCUT2D eigenvalue weighted by Gasteiger charge is 2.41. The van der Waals surface area contributed by atoms with Crippen molar-refractivity contribution < 1.29 is 4.42 Å². The molecule has 0 spiro atoms. The lowest BCUT2D eigenvalue weighted by Crippen LogP contribution is -2.43. The monoisotopic (exact) mass is 375 g/mol. The minimum atomic E-state index is -1.82. The van der Waals surface area contributed by atoms with Crippen LogP contribution >= 0.6 is 0 Å². The molecule has 3 rings (SSSR count). The summed E-state index contributed by atoms with van der Waals surface area (Å²) in [5.41, 5.74) is 8.31. The van der Waals surface area contributed by atoms with Crippen molar-refractivity contribution in [1.29, 1.82) is 0 Å². The molecule has 2 nitrogen and oxygen atoms in total. The maximum atomic E-state index is 6.18. The number of furan rings is 1.